The van der Waals surface area contributed by atoms with E-state index < -0.39 is 10.8 Å². The predicted octanol–water partition coefficient (Wildman–Crippen LogP) is 2.62. The van der Waals surface area contributed by atoms with Gasteiger partial charge in [-0.3, -0.25) is 4.21 Å². The van der Waals surface area contributed by atoms with E-state index in [1.807, 2.05) is 6.92 Å². The van der Waals surface area contributed by atoms with Crippen molar-refractivity contribution in [2.24, 2.45) is 0 Å². The summed E-state index contributed by atoms with van der Waals surface area (Å²) < 4.78 is 24.4. The minimum absolute atomic E-state index is 0.125. The van der Waals surface area contributed by atoms with Gasteiger partial charge in [-0.15, -0.1) is 0 Å². The SMILES string of the molecule is CC(NCCS(C)=O)c1ccc(F)c(Br)c1. The maximum Gasteiger partial charge on any atom is 0.137 e. The molecule has 0 aliphatic rings. The van der Waals surface area contributed by atoms with Crippen molar-refractivity contribution in [2.75, 3.05) is 18.6 Å². The van der Waals surface area contributed by atoms with E-state index in [4.69, 9.17) is 0 Å². The van der Waals surface area contributed by atoms with E-state index in [2.05, 4.69) is 21.2 Å². The summed E-state index contributed by atoms with van der Waals surface area (Å²) >= 11 is 3.15. The second-order valence-electron chi connectivity index (χ2n) is 3.63. The van der Waals surface area contributed by atoms with Gasteiger partial charge in [0.25, 0.3) is 0 Å². The Labute approximate surface area is 106 Å². The van der Waals surface area contributed by atoms with Crippen molar-refractivity contribution in [1.29, 1.82) is 0 Å². The fourth-order valence-corrected chi connectivity index (χ4v) is 2.12. The van der Waals surface area contributed by atoms with Gasteiger partial charge in [0, 0.05) is 35.4 Å². The highest BCUT2D eigenvalue weighted by Crippen LogP contribution is 2.20. The monoisotopic (exact) mass is 307 g/mol. The van der Waals surface area contributed by atoms with Gasteiger partial charge in [-0.05, 0) is 40.5 Å². The van der Waals surface area contributed by atoms with Crippen LogP contribution in [0.15, 0.2) is 22.7 Å². The van der Waals surface area contributed by atoms with Crippen LogP contribution >= 0.6 is 15.9 Å². The van der Waals surface area contributed by atoms with E-state index in [9.17, 15) is 8.60 Å². The normalized spacial score (nSPS) is 14.8. The molecule has 1 rings (SSSR count). The molecule has 90 valence electrons. The molecule has 5 heteroatoms. The van der Waals surface area contributed by atoms with Crippen LogP contribution in [0.4, 0.5) is 4.39 Å². The molecule has 0 aliphatic carbocycles. The van der Waals surface area contributed by atoms with Gasteiger partial charge in [-0.2, -0.15) is 0 Å². The van der Waals surface area contributed by atoms with Gasteiger partial charge in [0.1, 0.15) is 5.82 Å². The van der Waals surface area contributed by atoms with Gasteiger partial charge in [-0.25, -0.2) is 4.39 Å². The zero-order valence-electron chi connectivity index (χ0n) is 9.30. The zero-order valence-corrected chi connectivity index (χ0v) is 11.7. The van der Waals surface area contributed by atoms with Crippen LogP contribution in [0.25, 0.3) is 0 Å². The highest BCUT2D eigenvalue weighted by Gasteiger charge is 2.07. The molecule has 2 atom stereocenters. The van der Waals surface area contributed by atoms with Gasteiger partial charge in [0.2, 0.25) is 0 Å². The molecule has 2 unspecified atom stereocenters. The number of halogens is 2. The van der Waals surface area contributed by atoms with Crippen LogP contribution in [0.2, 0.25) is 0 Å². The number of hydrogen-bond donors (Lipinski definition) is 1. The number of rotatable bonds is 5. The van der Waals surface area contributed by atoms with Crippen LogP contribution in [0.5, 0.6) is 0 Å². The molecule has 0 aromatic heterocycles. The maximum atomic E-state index is 13.0. The van der Waals surface area contributed by atoms with Crippen molar-refractivity contribution in [3.05, 3.63) is 34.1 Å². The summed E-state index contributed by atoms with van der Waals surface area (Å²) in [5.74, 6) is 0.373. The highest BCUT2D eigenvalue weighted by molar-refractivity contribution is 9.10. The third-order valence-corrected chi connectivity index (χ3v) is 3.67. The van der Waals surface area contributed by atoms with Gasteiger partial charge in [-0.1, -0.05) is 6.07 Å². The Morgan fingerprint density at radius 1 is 1.56 bits per heavy atom. The Balaban J connectivity index is 2.55. The fourth-order valence-electron chi connectivity index (χ4n) is 1.32. The predicted molar refractivity (Wildman–Crippen MR) is 69.5 cm³/mol. The molecule has 2 nitrogen and oxygen atoms in total. The summed E-state index contributed by atoms with van der Waals surface area (Å²) in [4.78, 5) is 0. The topological polar surface area (TPSA) is 29.1 Å². The first-order valence-electron chi connectivity index (χ1n) is 4.99. The Kier molecular flexibility index (Phi) is 5.58. The lowest BCUT2D eigenvalue weighted by atomic mass is 10.1. The van der Waals surface area contributed by atoms with E-state index in [1.165, 1.54) is 6.07 Å². The van der Waals surface area contributed by atoms with E-state index in [1.54, 1.807) is 18.4 Å². The van der Waals surface area contributed by atoms with Crippen LogP contribution in [-0.4, -0.2) is 22.8 Å². The summed E-state index contributed by atoms with van der Waals surface area (Å²) in [6.07, 6.45) is 1.68. The summed E-state index contributed by atoms with van der Waals surface area (Å²) in [7, 11) is -0.778. The molecule has 1 aromatic rings. The lowest BCUT2D eigenvalue weighted by Gasteiger charge is -2.14. The third-order valence-electron chi connectivity index (χ3n) is 2.28. The largest absolute Gasteiger partial charge is 0.309 e. The number of nitrogens with one attached hydrogen (secondary N) is 1. The van der Waals surface area contributed by atoms with Gasteiger partial charge < -0.3 is 5.32 Å². The Bertz CT molecular complexity index is 386. The molecule has 0 saturated carbocycles. The molecule has 0 aliphatic heterocycles. The molecule has 0 amide bonds. The molecule has 0 bridgehead atoms. The van der Waals surface area contributed by atoms with Gasteiger partial charge >= 0.3 is 0 Å². The van der Waals surface area contributed by atoms with Crippen LogP contribution < -0.4 is 5.32 Å². The zero-order chi connectivity index (χ0) is 12.1. The molecular formula is C11H15BrFNOS. The van der Waals surface area contributed by atoms with Crippen molar-refractivity contribution in [2.45, 2.75) is 13.0 Å². The molecule has 16 heavy (non-hydrogen) atoms. The molecule has 1 N–H and O–H groups in total. The molecule has 0 spiro atoms. The van der Waals surface area contributed by atoms with Crippen LogP contribution in [-0.2, 0) is 10.8 Å². The quantitative estimate of drug-likeness (QED) is 0.906. The summed E-state index contributed by atoms with van der Waals surface area (Å²) in [6, 6.07) is 5.08. The lowest BCUT2D eigenvalue weighted by molar-refractivity contribution is 0.589. The van der Waals surface area contributed by atoms with Crippen molar-refractivity contribution in [3.8, 4) is 0 Å². The van der Waals surface area contributed by atoms with E-state index in [0.29, 0.717) is 16.8 Å². The Hall–Kier alpha value is -0.260. The highest BCUT2D eigenvalue weighted by atomic mass is 79.9. The van der Waals surface area contributed by atoms with Crippen LogP contribution in [0.3, 0.4) is 0 Å². The van der Waals surface area contributed by atoms with E-state index >= 15 is 0 Å². The van der Waals surface area contributed by atoms with Crippen molar-refractivity contribution in [3.63, 3.8) is 0 Å². The summed E-state index contributed by atoms with van der Waals surface area (Å²) in [5.41, 5.74) is 1.01. The first-order valence-corrected chi connectivity index (χ1v) is 7.51. The fraction of sp³-hybridized carbons (Fsp3) is 0.455. The molecule has 0 saturated heterocycles. The third kappa shape index (κ3) is 4.31. The van der Waals surface area contributed by atoms with Crippen molar-refractivity contribution < 1.29 is 8.60 Å². The molecule has 1 aromatic carbocycles. The summed E-state index contributed by atoms with van der Waals surface area (Å²) in [6.45, 7) is 2.69. The first kappa shape index (κ1) is 13.8. The Morgan fingerprint density at radius 2 is 2.25 bits per heavy atom. The first-order chi connectivity index (χ1) is 7.50. The van der Waals surface area contributed by atoms with E-state index in [-0.39, 0.29) is 11.9 Å². The molecule has 0 radical (unpaired) electrons. The van der Waals surface area contributed by atoms with Crippen molar-refractivity contribution >= 4 is 26.7 Å². The molecular weight excluding hydrogens is 293 g/mol. The minimum atomic E-state index is -0.778. The standard InChI is InChI=1S/C11H15BrFNOS/c1-8(14-5-6-16(2)15)9-3-4-11(13)10(12)7-9/h3-4,7-8,14H,5-6H2,1-2H3. The van der Waals surface area contributed by atoms with Crippen molar-refractivity contribution in [1.82, 2.24) is 5.32 Å². The second kappa shape index (κ2) is 6.47. The smallest absolute Gasteiger partial charge is 0.137 e. The molecule has 0 heterocycles. The summed E-state index contributed by atoms with van der Waals surface area (Å²) in [5, 5.41) is 3.24. The Morgan fingerprint density at radius 3 is 2.81 bits per heavy atom. The van der Waals surface area contributed by atoms with Crippen LogP contribution in [0.1, 0.15) is 18.5 Å². The lowest BCUT2D eigenvalue weighted by Crippen LogP contribution is -2.23. The average molecular weight is 308 g/mol. The van der Waals surface area contributed by atoms with Gasteiger partial charge in [0.05, 0.1) is 4.47 Å². The van der Waals surface area contributed by atoms with Gasteiger partial charge in [0.15, 0.2) is 0 Å². The second-order valence-corrected chi connectivity index (χ2v) is 6.04. The minimum Gasteiger partial charge on any atom is -0.309 e. The molecule has 0 fully saturated rings. The van der Waals surface area contributed by atoms with Crippen LogP contribution in [0, 0.1) is 5.82 Å². The number of benzene rings is 1. The van der Waals surface area contributed by atoms with E-state index in [0.717, 1.165) is 5.56 Å². The maximum absolute atomic E-state index is 13.0. The average Bonchev–Trinajstić information content (AvgIpc) is 2.21. The number of hydrogen-bond acceptors (Lipinski definition) is 2.